The normalized spacial score (nSPS) is 22.1. The molecule has 0 aromatic heterocycles. The highest BCUT2D eigenvalue weighted by Gasteiger charge is 2.39. The van der Waals surface area contributed by atoms with E-state index in [0.717, 1.165) is 25.4 Å². The Hall–Kier alpha value is -1.60. The van der Waals surface area contributed by atoms with Crippen LogP contribution in [0.15, 0.2) is 24.3 Å². The Labute approximate surface area is 150 Å². The van der Waals surface area contributed by atoms with Crippen molar-refractivity contribution >= 4 is 15.7 Å². The first-order valence-electron chi connectivity index (χ1n) is 8.75. The number of nitrogens with zero attached hydrogens (tertiary/aromatic N) is 1. The number of carbonyl (C=O) groups is 1. The molecule has 25 heavy (non-hydrogen) atoms. The minimum absolute atomic E-state index is 0.00169. The Morgan fingerprint density at radius 3 is 2.40 bits per heavy atom. The van der Waals surface area contributed by atoms with Crippen molar-refractivity contribution in [3.8, 4) is 5.75 Å². The van der Waals surface area contributed by atoms with Gasteiger partial charge in [-0.25, -0.2) is 8.42 Å². The number of carbonyl (C=O) groups excluding carboxylic acids is 1. The average Bonchev–Trinajstić information content (AvgIpc) is 2.85. The molecular formula is C18H28N2O4S. The number of sulfone groups is 1. The monoisotopic (exact) mass is 368 g/mol. The number of likely N-dealkylation sites (N-methyl/N-ethyl adjacent to an activating group) is 1. The number of rotatable bonds is 8. The quantitative estimate of drug-likeness (QED) is 0.756. The molecular weight excluding hydrogens is 340 g/mol. The zero-order valence-corrected chi connectivity index (χ0v) is 16.1. The van der Waals surface area contributed by atoms with Crippen LogP contribution >= 0.6 is 0 Å². The van der Waals surface area contributed by atoms with Crippen LogP contribution in [0.3, 0.4) is 0 Å². The van der Waals surface area contributed by atoms with Crippen LogP contribution in [-0.4, -0.2) is 62.5 Å². The van der Waals surface area contributed by atoms with E-state index < -0.39 is 15.4 Å². The van der Waals surface area contributed by atoms with E-state index in [1.165, 1.54) is 0 Å². The van der Waals surface area contributed by atoms with E-state index in [4.69, 9.17) is 4.74 Å². The summed E-state index contributed by atoms with van der Waals surface area (Å²) in [5.41, 5.74) is -0.184. The van der Waals surface area contributed by atoms with Crippen molar-refractivity contribution in [1.82, 2.24) is 10.2 Å². The average molecular weight is 368 g/mol. The summed E-state index contributed by atoms with van der Waals surface area (Å²) >= 11 is 0. The van der Waals surface area contributed by atoms with Crippen LogP contribution in [-0.2, 0) is 9.84 Å². The predicted molar refractivity (Wildman–Crippen MR) is 98.9 cm³/mol. The Balaban J connectivity index is 1.88. The summed E-state index contributed by atoms with van der Waals surface area (Å²) in [4.78, 5) is 14.6. The molecule has 0 spiro atoms. The molecule has 1 amide bonds. The van der Waals surface area contributed by atoms with E-state index in [1.807, 2.05) is 0 Å². The SMILES string of the molecule is CCN(CC)CCOc1ccc(C(=O)N[C@]2(C)CCS(=O)(=O)C2)cc1. The van der Waals surface area contributed by atoms with Gasteiger partial charge >= 0.3 is 0 Å². The van der Waals surface area contributed by atoms with Crippen molar-refractivity contribution < 1.29 is 17.9 Å². The lowest BCUT2D eigenvalue weighted by Gasteiger charge is -2.24. The molecule has 7 heteroatoms. The molecule has 1 aromatic rings. The van der Waals surface area contributed by atoms with Crippen molar-refractivity contribution in [2.24, 2.45) is 0 Å². The van der Waals surface area contributed by atoms with Crippen LogP contribution in [0.25, 0.3) is 0 Å². The smallest absolute Gasteiger partial charge is 0.251 e. The third kappa shape index (κ3) is 5.71. The Bertz CT molecular complexity index is 684. The molecule has 1 aliphatic rings. The fraction of sp³-hybridized carbons (Fsp3) is 0.611. The number of hydrogen-bond donors (Lipinski definition) is 1. The first-order valence-corrected chi connectivity index (χ1v) is 10.6. The van der Waals surface area contributed by atoms with Crippen molar-refractivity contribution in [2.45, 2.75) is 32.7 Å². The Morgan fingerprint density at radius 2 is 1.88 bits per heavy atom. The number of nitrogens with one attached hydrogen (secondary N) is 1. The lowest BCUT2D eigenvalue weighted by molar-refractivity contribution is 0.0915. The summed E-state index contributed by atoms with van der Waals surface area (Å²) in [5.74, 6) is 0.592. The van der Waals surface area contributed by atoms with E-state index in [1.54, 1.807) is 31.2 Å². The molecule has 1 aliphatic heterocycles. The minimum Gasteiger partial charge on any atom is -0.492 e. The van der Waals surface area contributed by atoms with Gasteiger partial charge in [0.2, 0.25) is 0 Å². The van der Waals surface area contributed by atoms with Gasteiger partial charge in [0, 0.05) is 12.1 Å². The molecule has 140 valence electrons. The maximum atomic E-state index is 12.4. The summed E-state index contributed by atoms with van der Waals surface area (Å²) in [5, 5.41) is 2.85. The second kappa shape index (κ2) is 8.19. The molecule has 0 aliphatic carbocycles. The van der Waals surface area contributed by atoms with Crippen molar-refractivity contribution in [3.63, 3.8) is 0 Å². The lowest BCUT2D eigenvalue weighted by atomic mass is 10.0. The van der Waals surface area contributed by atoms with E-state index in [9.17, 15) is 13.2 Å². The van der Waals surface area contributed by atoms with Gasteiger partial charge in [0.25, 0.3) is 5.91 Å². The molecule has 0 radical (unpaired) electrons. The molecule has 2 rings (SSSR count). The fourth-order valence-corrected chi connectivity index (χ4v) is 5.08. The minimum atomic E-state index is -3.05. The molecule has 0 bridgehead atoms. The van der Waals surface area contributed by atoms with Gasteiger partial charge in [0.1, 0.15) is 12.4 Å². The number of ether oxygens (including phenoxy) is 1. The van der Waals surface area contributed by atoms with Crippen molar-refractivity contribution in [3.05, 3.63) is 29.8 Å². The van der Waals surface area contributed by atoms with Gasteiger partial charge in [-0.1, -0.05) is 13.8 Å². The molecule has 6 nitrogen and oxygen atoms in total. The largest absolute Gasteiger partial charge is 0.492 e. The molecule has 1 atom stereocenters. The molecule has 0 saturated carbocycles. The van der Waals surface area contributed by atoms with Crippen LogP contribution in [0.5, 0.6) is 5.75 Å². The first kappa shape index (κ1) is 19.7. The van der Waals surface area contributed by atoms with E-state index in [2.05, 4.69) is 24.1 Å². The summed E-state index contributed by atoms with van der Waals surface area (Å²) in [6.45, 7) is 9.46. The van der Waals surface area contributed by atoms with Gasteiger partial charge in [0.15, 0.2) is 9.84 Å². The van der Waals surface area contributed by atoms with Crippen LogP contribution < -0.4 is 10.1 Å². The highest BCUT2D eigenvalue weighted by molar-refractivity contribution is 7.91. The van der Waals surface area contributed by atoms with Crippen molar-refractivity contribution in [2.75, 3.05) is 37.7 Å². The zero-order valence-electron chi connectivity index (χ0n) is 15.2. The van der Waals surface area contributed by atoms with Gasteiger partial charge < -0.3 is 15.0 Å². The molecule has 1 heterocycles. The van der Waals surface area contributed by atoms with E-state index >= 15 is 0 Å². The molecule has 1 N–H and O–H groups in total. The van der Waals surface area contributed by atoms with Crippen LogP contribution in [0.2, 0.25) is 0 Å². The standard InChI is InChI=1S/C18H28N2O4S/c1-4-20(5-2)11-12-24-16-8-6-15(7-9-16)17(21)19-18(3)10-13-25(22,23)14-18/h6-9H,4-5,10-14H2,1-3H3,(H,19,21)/t18-/m1/s1. The van der Waals surface area contributed by atoms with Crippen LogP contribution in [0.1, 0.15) is 37.6 Å². The summed E-state index contributed by atoms with van der Waals surface area (Å²) in [6.07, 6.45) is 0.452. The van der Waals surface area contributed by atoms with Gasteiger partial charge in [-0.3, -0.25) is 4.79 Å². The lowest BCUT2D eigenvalue weighted by Crippen LogP contribution is -2.46. The highest BCUT2D eigenvalue weighted by Crippen LogP contribution is 2.23. The Kier molecular flexibility index (Phi) is 6.46. The van der Waals surface area contributed by atoms with Gasteiger partial charge in [0.05, 0.1) is 17.0 Å². The molecule has 0 unspecified atom stereocenters. The number of benzene rings is 1. The second-order valence-corrected chi connectivity index (χ2v) is 8.94. The van der Waals surface area contributed by atoms with Crippen LogP contribution in [0.4, 0.5) is 0 Å². The summed E-state index contributed by atoms with van der Waals surface area (Å²) in [7, 11) is -3.05. The second-order valence-electron chi connectivity index (χ2n) is 6.76. The summed E-state index contributed by atoms with van der Waals surface area (Å²) < 4.78 is 29.0. The maximum absolute atomic E-state index is 12.4. The third-order valence-corrected chi connectivity index (χ3v) is 6.51. The Morgan fingerprint density at radius 1 is 1.24 bits per heavy atom. The zero-order chi connectivity index (χ0) is 18.5. The molecule has 1 fully saturated rings. The van der Waals surface area contributed by atoms with Crippen molar-refractivity contribution in [1.29, 1.82) is 0 Å². The predicted octanol–water partition coefficient (Wildman–Crippen LogP) is 1.71. The topological polar surface area (TPSA) is 75.7 Å². The van der Waals surface area contributed by atoms with Crippen LogP contribution in [0, 0.1) is 0 Å². The maximum Gasteiger partial charge on any atom is 0.251 e. The first-order chi connectivity index (χ1) is 11.8. The fourth-order valence-electron chi connectivity index (χ4n) is 2.99. The van der Waals surface area contributed by atoms with E-state index in [-0.39, 0.29) is 17.4 Å². The number of hydrogen-bond acceptors (Lipinski definition) is 5. The van der Waals surface area contributed by atoms with Gasteiger partial charge in [-0.15, -0.1) is 0 Å². The third-order valence-electron chi connectivity index (χ3n) is 4.61. The van der Waals surface area contributed by atoms with Gasteiger partial charge in [-0.05, 0) is 50.7 Å². The van der Waals surface area contributed by atoms with Gasteiger partial charge in [-0.2, -0.15) is 0 Å². The molecule has 1 saturated heterocycles. The highest BCUT2D eigenvalue weighted by atomic mass is 32.2. The number of amides is 1. The summed E-state index contributed by atoms with van der Waals surface area (Å²) in [6, 6.07) is 6.94. The van der Waals surface area contributed by atoms with E-state index in [0.29, 0.717) is 18.6 Å². The molecule has 1 aromatic carbocycles.